The van der Waals surface area contributed by atoms with Gasteiger partial charge in [0.25, 0.3) is 0 Å². The summed E-state index contributed by atoms with van der Waals surface area (Å²) in [5.41, 5.74) is 7.97. The highest BCUT2D eigenvalue weighted by atomic mass is 32.2. The van der Waals surface area contributed by atoms with Gasteiger partial charge in [0.2, 0.25) is 0 Å². The summed E-state index contributed by atoms with van der Waals surface area (Å²) in [6, 6.07) is 22.0. The molecule has 3 aromatic carbocycles. The fraction of sp³-hybridized carbons (Fsp3) is 0.0909. The van der Waals surface area contributed by atoms with Gasteiger partial charge >= 0.3 is 0 Å². The van der Waals surface area contributed by atoms with Crippen LogP contribution < -0.4 is 10.5 Å². The first-order valence-corrected chi connectivity index (χ1v) is 9.37. The smallest absolute Gasteiger partial charge is 0.180 e. The molecular weight excluding hydrogens is 354 g/mol. The molecule has 0 saturated carbocycles. The molecule has 0 aliphatic rings. The van der Waals surface area contributed by atoms with Crippen LogP contribution in [0.3, 0.4) is 0 Å². The molecule has 0 fully saturated rings. The van der Waals surface area contributed by atoms with E-state index in [2.05, 4.69) is 28.3 Å². The summed E-state index contributed by atoms with van der Waals surface area (Å²) in [5, 5.41) is 10.8. The van der Waals surface area contributed by atoms with E-state index in [1.807, 2.05) is 54.6 Å². The number of rotatable bonds is 6. The van der Waals surface area contributed by atoms with Crippen molar-refractivity contribution in [2.45, 2.75) is 5.75 Å². The van der Waals surface area contributed by atoms with Gasteiger partial charge in [-0.15, -0.1) is 11.5 Å². The minimum Gasteiger partial charge on any atom is -0.480 e. The Morgan fingerprint density at radius 1 is 1.07 bits per heavy atom. The Labute approximate surface area is 163 Å². The van der Waals surface area contributed by atoms with Gasteiger partial charge in [-0.3, -0.25) is 0 Å². The predicted octanol–water partition coefficient (Wildman–Crippen LogP) is 4.43. The molecule has 5 heteroatoms. The van der Waals surface area contributed by atoms with Crippen molar-refractivity contribution in [3.8, 4) is 18.1 Å². The van der Waals surface area contributed by atoms with Crippen LogP contribution in [0.4, 0.5) is 0 Å². The Morgan fingerprint density at radius 2 is 1.85 bits per heavy atom. The molecule has 134 valence electrons. The van der Waals surface area contributed by atoms with Gasteiger partial charge in [0.05, 0.1) is 6.21 Å². The van der Waals surface area contributed by atoms with Gasteiger partial charge < -0.3 is 10.5 Å². The average molecular weight is 373 g/mol. The van der Waals surface area contributed by atoms with Crippen molar-refractivity contribution in [2.24, 2.45) is 15.9 Å². The number of nitrogens with zero attached hydrogens (tertiary/aromatic N) is 2. The zero-order chi connectivity index (χ0) is 18.9. The summed E-state index contributed by atoms with van der Waals surface area (Å²) in [5.74, 6) is 3.89. The van der Waals surface area contributed by atoms with Crippen LogP contribution in [-0.2, 0) is 5.75 Å². The maximum absolute atomic E-state index is 5.96. The SMILES string of the molecule is C#CCOc1ccc2ccccc2c1C=NN=C(N)SCc1ccccc1. The monoisotopic (exact) mass is 373 g/mol. The highest BCUT2D eigenvalue weighted by Crippen LogP contribution is 2.26. The van der Waals surface area contributed by atoms with Gasteiger partial charge in [-0.1, -0.05) is 78.3 Å². The maximum Gasteiger partial charge on any atom is 0.180 e. The molecular formula is C22H19N3OS. The van der Waals surface area contributed by atoms with E-state index in [9.17, 15) is 0 Å². The van der Waals surface area contributed by atoms with E-state index in [1.54, 1.807) is 6.21 Å². The lowest BCUT2D eigenvalue weighted by molar-refractivity contribution is 0.370. The third kappa shape index (κ3) is 5.13. The third-order valence-electron chi connectivity index (χ3n) is 3.81. The summed E-state index contributed by atoms with van der Waals surface area (Å²) in [6.45, 7) is 0.192. The van der Waals surface area contributed by atoms with Crippen LogP contribution in [0, 0.1) is 12.3 Å². The summed E-state index contributed by atoms with van der Waals surface area (Å²) < 4.78 is 5.64. The molecule has 0 spiro atoms. The van der Waals surface area contributed by atoms with Crippen molar-refractivity contribution in [1.82, 2.24) is 0 Å². The minimum atomic E-state index is 0.192. The second-order valence-electron chi connectivity index (χ2n) is 5.65. The number of thioether (sulfide) groups is 1. The zero-order valence-corrected chi connectivity index (χ0v) is 15.5. The number of hydrogen-bond acceptors (Lipinski definition) is 4. The molecule has 0 aliphatic carbocycles. The number of hydrogen-bond donors (Lipinski definition) is 1. The number of amidine groups is 1. The molecule has 0 amide bonds. The first kappa shape index (κ1) is 18.6. The number of nitrogens with two attached hydrogens (primary N) is 1. The van der Waals surface area contributed by atoms with E-state index in [-0.39, 0.29) is 6.61 Å². The predicted molar refractivity (Wildman–Crippen MR) is 115 cm³/mol. The van der Waals surface area contributed by atoms with Gasteiger partial charge in [0.15, 0.2) is 5.17 Å². The van der Waals surface area contributed by atoms with Crippen LogP contribution >= 0.6 is 11.8 Å². The van der Waals surface area contributed by atoms with E-state index in [0.717, 1.165) is 22.1 Å². The first-order valence-electron chi connectivity index (χ1n) is 8.39. The lowest BCUT2D eigenvalue weighted by atomic mass is 10.0. The Hall–Kier alpha value is -3.23. The number of terminal acetylenes is 1. The Kier molecular flexibility index (Phi) is 6.50. The van der Waals surface area contributed by atoms with Crippen molar-refractivity contribution in [3.05, 3.63) is 77.9 Å². The van der Waals surface area contributed by atoms with E-state index in [1.165, 1.54) is 17.3 Å². The standard InChI is InChI=1S/C22H19N3OS/c1-2-14-26-21-13-12-18-10-6-7-11-19(18)20(21)15-24-25-22(23)27-16-17-8-4-3-5-9-17/h1,3-13,15H,14,16H2,(H2,23,25). The molecule has 4 nitrogen and oxygen atoms in total. The van der Waals surface area contributed by atoms with Gasteiger partial charge in [0, 0.05) is 11.3 Å². The van der Waals surface area contributed by atoms with Crippen LogP contribution in [-0.4, -0.2) is 18.0 Å². The van der Waals surface area contributed by atoms with E-state index >= 15 is 0 Å². The largest absolute Gasteiger partial charge is 0.480 e. The molecule has 0 bridgehead atoms. The Bertz CT molecular complexity index is 1010. The van der Waals surface area contributed by atoms with Crippen molar-refractivity contribution in [3.63, 3.8) is 0 Å². The van der Waals surface area contributed by atoms with Gasteiger partial charge in [-0.25, -0.2) is 0 Å². The molecule has 0 heterocycles. The lowest BCUT2D eigenvalue weighted by Gasteiger charge is -2.09. The first-order chi connectivity index (χ1) is 13.3. The molecule has 0 aromatic heterocycles. The lowest BCUT2D eigenvalue weighted by Crippen LogP contribution is -2.06. The van der Waals surface area contributed by atoms with Crippen LogP contribution in [0.2, 0.25) is 0 Å². The van der Waals surface area contributed by atoms with Crippen molar-refractivity contribution in [2.75, 3.05) is 6.61 Å². The number of ether oxygens (including phenoxy) is 1. The zero-order valence-electron chi connectivity index (χ0n) is 14.7. The summed E-state index contributed by atoms with van der Waals surface area (Å²) in [6.07, 6.45) is 6.97. The van der Waals surface area contributed by atoms with E-state index in [4.69, 9.17) is 16.9 Å². The highest BCUT2D eigenvalue weighted by molar-refractivity contribution is 8.13. The molecule has 3 aromatic rings. The summed E-state index contributed by atoms with van der Waals surface area (Å²) in [7, 11) is 0. The molecule has 27 heavy (non-hydrogen) atoms. The Morgan fingerprint density at radius 3 is 2.67 bits per heavy atom. The van der Waals surface area contributed by atoms with E-state index in [0.29, 0.717) is 10.9 Å². The van der Waals surface area contributed by atoms with E-state index < -0.39 is 0 Å². The summed E-state index contributed by atoms with van der Waals surface area (Å²) in [4.78, 5) is 0. The maximum atomic E-state index is 5.96. The van der Waals surface area contributed by atoms with Crippen molar-refractivity contribution < 1.29 is 4.74 Å². The van der Waals surface area contributed by atoms with Gasteiger partial charge in [-0.05, 0) is 22.4 Å². The molecule has 0 aliphatic heterocycles. The van der Waals surface area contributed by atoms with Gasteiger partial charge in [-0.2, -0.15) is 5.10 Å². The quantitative estimate of drug-likeness (QED) is 0.301. The minimum absolute atomic E-state index is 0.192. The third-order valence-corrected chi connectivity index (χ3v) is 4.67. The molecule has 2 N–H and O–H groups in total. The van der Waals surface area contributed by atoms with Crippen LogP contribution in [0.1, 0.15) is 11.1 Å². The molecule has 0 atom stereocenters. The highest BCUT2D eigenvalue weighted by Gasteiger charge is 2.06. The van der Waals surface area contributed by atoms with Crippen LogP contribution in [0.25, 0.3) is 10.8 Å². The van der Waals surface area contributed by atoms with Crippen LogP contribution in [0.5, 0.6) is 5.75 Å². The second kappa shape index (κ2) is 9.46. The van der Waals surface area contributed by atoms with Crippen molar-refractivity contribution in [1.29, 1.82) is 0 Å². The van der Waals surface area contributed by atoms with Crippen LogP contribution in [0.15, 0.2) is 76.9 Å². The topological polar surface area (TPSA) is 60.0 Å². The fourth-order valence-electron chi connectivity index (χ4n) is 2.56. The summed E-state index contributed by atoms with van der Waals surface area (Å²) >= 11 is 1.44. The number of fused-ring (bicyclic) bond motifs is 1. The normalized spacial score (nSPS) is 11.6. The fourth-order valence-corrected chi connectivity index (χ4v) is 3.17. The van der Waals surface area contributed by atoms with Gasteiger partial charge in [0.1, 0.15) is 12.4 Å². The second-order valence-corrected chi connectivity index (χ2v) is 6.64. The molecule has 0 radical (unpaired) electrons. The average Bonchev–Trinajstić information content (AvgIpc) is 2.72. The van der Waals surface area contributed by atoms with Crippen molar-refractivity contribution >= 4 is 33.9 Å². The molecule has 0 unspecified atom stereocenters. The molecule has 3 rings (SSSR count). The Balaban J connectivity index is 1.78. The number of benzene rings is 3. The molecule has 0 saturated heterocycles.